The van der Waals surface area contributed by atoms with E-state index in [0.717, 1.165) is 17.6 Å². The van der Waals surface area contributed by atoms with Gasteiger partial charge in [0.05, 0.1) is 0 Å². The Morgan fingerprint density at radius 3 is 2.75 bits per heavy atom. The van der Waals surface area contributed by atoms with E-state index in [-0.39, 0.29) is 0 Å². The highest BCUT2D eigenvalue weighted by molar-refractivity contribution is 9.10. The number of nitrogens with two attached hydrogens (primary N) is 1. The summed E-state index contributed by atoms with van der Waals surface area (Å²) < 4.78 is 1.13. The van der Waals surface area contributed by atoms with E-state index in [9.17, 15) is 0 Å². The third kappa shape index (κ3) is 1.47. The molecule has 1 aromatic carbocycles. The van der Waals surface area contributed by atoms with Crippen molar-refractivity contribution in [3.63, 3.8) is 0 Å². The van der Waals surface area contributed by atoms with Gasteiger partial charge in [-0.05, 0) is 18.2 Å². The molecule has 0 radical (unpaired) electrons. The SMILES string of the molecule is NC1CN(c2cccc(Br)c2)C1. The molecule has 1 fully saturated rings. The van der Waals surface area contributed by atoms with Crippen molar-refractivity contribution >= 4 is 21.6 Å². The second kappa shape index (κ2) is 3.07. The van der Waals surface area contributed by atoms with E-state index in [4.69, 9.17) is 5.73 Å². The Labute approximate surface area is 80.5 Å². The predicted octanol–water partition coefficient (Wildman–Crippen LogP) is 1.60. The van der Waals surface area contributed by atoms with Crippen molar-refractivity contribution in [3.05, 3.63) is 28.7 Å². The standard InChI is InChI=1S/C9H11BrN2/c10-7-2-1-3-9(4-7)12-5-8(11)6-12/h1-4,8H,5-6,11H2. The highest BCUT2D eigenvalue weighted by Crippen LogP contribution is 2.23. The van der Waals surface area contributed by atoms with Crippen molar-refractivity contribution in [2.75, 3.05) is 18.0 Å². The fraction of sp³-hybridized carbons (Fsp3) is 0.333. The Bertz CT molecular complexity index is 282. The fourth-order valence-electron chi connectivity index (χ4n) is 1.40. The molecule has 0 unspecified atom stereocenters. The Morgan fingerprint density at radius 2 is 2.17 bits per heavy atom. The number of anilines is 1. The van der Waals surface area contributed by atoms with Crippen LogP contribution in [0.15, 0.2) is 28.7 Å². The summed E-state index contributed by atoms with van der Waals surface area (Å²) in [5, 5.41) is 0. The first-order valence-corrected chi connectivity index (χ1v) is 4.81. The van der Waals surface area contributed by atoms with E-state index in [2.05, 4.69) is 33.0 Å². The molecule has 1 heterocycles. The zero-order valence-corrected chi connectivity index (χ0v) is 8.29. The summed E-state index contributed by atoms with van der Waals surface area (Å²) in [6, 6.07) is 8.67. The summed E-state index contributed by atoms with van der Waals surface area (Å²) in [7, 11) is 0. The van der Waals surface area contributed by atoms with Crippen molar-refractivity contribution < 1.29 is 0 Å². The largest absolute Gasteiger partial charge is 0.368 e. The van der Waals surface area contributed by atoms with E-state index in [1.54, 1.807) is 0 Å². The zero-order valence-electron chi connectivity index (χ0n) is 6.70. The molecule has 3 heteroatoms. The van der Waals surface area contributed by atoms with Crippen molar-refractivity contribution in [2.24, 2.45) is 5.73 Å². The topological polar surface area (TPSA) is 29.3 Å². The lowest BCUT2D eigenvalue weighted by Crippen LogP contribution is -2.55. The average Bonchev–Trinajstić information content (AvgIpc) is 1.99. The van der Waals surface area contributed by atoms with Gasteiger partial charge < -0.3 is 10.6 Å². The van der Waals surface area contributed by atoms with Gasteiger partial charge in [0.2, 0.25) is 0 Å². The van der Waals surface area contributed by atoms with Crippen LogP contribution >= 0.6 is 15.9 Å². The number of nitrogens with zero attached hydrogens (tertiary/aromatic N) is 1. The third-order valence-corrected chi connectivity index (χ3v) is 2.58. The molecule has 2 rings (SSSR count). The van der Waals surface area contributed by atoms with Crippen LogP contribution in [-0.4, -0.2) is 19.1 Å². The fourth-order valence-corrected chi connectivity index (χ4v) is 1.78. The van der Waals surface area contributed by atoms with Crippen molar-refractivity contribution in [3.8, 4) is 0 Å². The molecule has 0 aromatic heterocycles. The maximum absolute atomic E-state index is 5.69. The maximum Gasteiger partial charge on any atom is 0.0395 e. The third-order valence-electron chi connectivity index (χ3n) is 2.08. The van der Waals surface area contributed by atoms with Gasteiger partial charge in [-0.2, -0.15) is 0 Å². The van der Waals surface area contributed by atoms with Gasteiger partial charge in [0, 0.05) is 29.3 Å². The van der Waals surface area contributed by atoms with Gasteiger partial charge in [-0.15, -0.1) is 0 Å². The van der Waals surface area contributed by atoms with Gasteiger partial charge in [0.1, 0.15) is 0 Å². The van der Waals surface area contributed by atoms with E-state index >= 15 is 0 Å². The van der Waals surface area contributed by atoms with Gasteiger partial charge in [0.15, 0.2) is 0 Å². The van der Waals surface area contributed by atoms with Gasteiger partial charge >= 0.3 is 0 Å². The molecule has 1 aliphatic heterocycles. The van der Waals surface area contributed by atoms with Crippen LogP contribution in [-0.2, 0) is 0 Å². The second-order valence-corrected chi connectivity index (χ2v) is 4.06. The lowest BCUT2D eigenvalue weighted by atomic mass is 10.1. The lowest BCUT2D eigenvalue weighted by Gasteiger charge is -2.38. The molecule has 1 saturated heterocycles. The summed E-state index contributed by atoms with van der Waals surface area (Å²) in [5.41, 5.74) is 6.95. The first-order chi connectivity index (χ1) is 5.75. The number of benzene rings is 1. The highest BCUT2D eigenvalue weighted by atomic mass is 79.9. The number of hydrogen-bond acceptors (Lipinski definition) is 2. The number of hydrogen-bond donors (Lipinski definition) is 1. The lowest BCUT2D eigenvalue weighted by molar-refractivity contribution is 0.519. The van der Waals surface area contributed by atoms with Crippen molar-refractivity contribution in [2.45, 2.75) is 6.04 Å². The normalized spacial score (nSPS) is 17.7. The molecule has 0 aliphatic carbocycles. The first-order valence-electron chi connectivity index (χ1n) is 4.02. The molecule has 0 bridgehead atoms. The summed E-state index contributed by atoms with van der Waals surface area (Å²) in [6.45, 7) is 1.97. The summed E-state index contributed by atoms with van der Waals surface area (Å²) in [6.07, 6.45) is 0. The minimum atomic E-state index is 0.365. The van der Waals surface area contributed by atoms with Gasteiger partial charge in [-0.25, -0.2) is 0 Å². The van der Waals surface area contributed by atoms with Crippen LogP contribution in [0.25, 0.3) is 0 Å². The van der Waals surface area contributed by atoms with E-state index < -0.39 is 0 Å². The molecule has 64 valence electrons. The Hall–Kier alpha value is -0.540. The Kier molecular flexibility index (Phi) is 2.07. The van der Waals surface area contributed by atoms with Crippen LogP contribution in [0.4, 0.5) is 5.69 Å². The molecule has 12 heavy (non-hydrogen) atoms. The molecule has 0 atom stereocenters. The number of halogens is 1. The van der Waals surface area contributed by atoms with Crippen molar-refractivity contribution in [1.29, 1.82) is 0 Å². The molecule has 1 aromatic rings. The van der Waals surface area contributed by atoms with Crippen LogP contribution < -0.4 is 10.6 Å². The molecule has 1 aliphatic rings. The molecular weight excluding hydrogens is 216 g/mol. The Morgan fingerprint density at radius 1 is 1.42 bits per heavy atom. The smallest absolute Gasteiger partial charge is 0.0395 e. The predicted molar refractivity (Wildman–Crippen MR) is 54.3 cm³/mol. The molecule has 0 saturated carbocycles. The summed E-state index contributed by atoms with van der Waals surface area (Å²) in [5.74, 6) is 0. The van der Waals surface area contributed by atoms with E-state index in [1.807, 2.05) is 12.1 Å². The van der Waals surface area contributed by atoms with E-state index in [0.29, 0.717) is 6.04 Å². The van der Waals surface area contributed by atoms with Gasteiger partial charge in [0.25, 0.3) is 0 Å². The maximum atomic E-state index is 5.69. The van der Waals surface area contributed by atoms with Crippen LogP contribution in [0.3, 0.4) is 0 Å². The highest BCUT2D eigenvalue weighted by Gasteiger charge is 2.22. The van der Waals surface area contributed by atoms with Crippen LogP contribution in [0, 0.1) is 0 Å². The quantitative estimate of drug-likeness (QED) is 0.789. The molecule has 0 amide bonds. The van der Waals surface area contributed by atoms with Crippen molar-refractivity contribution in [1.82, 2.24) is 0 Å². The van der Waals surface area contributed by atoms with Gasteiger partial charge in [-0.1, -0.05) is 22.0 Å². The molecule has 2 N–H and O–H groups in total. The minimum absolute atomic E-state index is 0.365. The average molecular weight is 227 g/mol. The molecule has 0 spiro atoms. The number of rotatable bonds is 1. The molecule has 2 nitrogen and oxygen atoms in total. The molecular formula is C9H11BrN2. The Balaban J connectivity index is 2.13. The van der Waals surface area contributed by atoms with Crippen LogP contribution in [0.1, 0.15) is 0 Å². The summed E-state index contributed by atoms with van der Waals surface area (Å²) >= 11 is 3.44. The summed E-state index contributed by atoms with van der Waals surface area (Å²) in [4.78, 5) is 2.27. The zero-order chi connectivity index (χ0) is 8.55. The van der Waals surface area contributed by atoms with Crippen LogP contribution in [0.2, 0.25) is 0 Å². The van der Waals surface area contributed by atoms with Gasteiger partial charge in [-0.3, -0.25) is 0 Å². The minimum Gasteiger partial charge on any atom is -0.368 e. The second-order valence-electron chi connectivity index (χ2n) is 3.14. The van der Waals surface area contributed by atoms with E-state index in [1.165, 1.54) is 5.69 Å². The first kappa shape index (κ1) is 8.08. The van der Waals surface area contributed by atoms with Crippen LogP contribution in [0.5, 0.6) is 0 Å². The monoisotopic (exact) mass is 226 g/mol.